The Morgan fingerprint density at radius 1 is 0.806 bits per heavy atom. The minimum Gasteiger partial charge on any atom is -0.374 e. The molecule has 0 N–H and O–H groups in total. The van der Waals surface area contributed by atoms with Gasteiger partial charge in [0, 0.05) is 5.92 Å². The highest BCUT2D eigenvalue weighted by atomic mass is 19.2. The van der Waals surface area contributed by atoms with Crippen LogP contribution in [0.15, 0.2) is 72.4 Å². The molecule has 1 heterocycles. The summed E-state index contributed by atoms with van der Waals surface area (Å²) in [6.07, 6.45) is 2.67. The fourth-order valence-corrected chi connectivity index (χ4v) is 4.44. The van der Waals surface area contributed by atoms with E-state index in [1.165, 1.54) is 0 Å². The smallest absolute Gasteiger partial charge is 0.161 e. The second-order valence-corrected chi connectivity index (χ2v) is 8.39. The Labute approximate surface area is 180 Å². The van der Waals surface area contributed by atoms with Crippen molar-refractivity contribution >= 4 is 11.1 Å². The van der Waals surface area contributed by atoms with Crippen LogP contribution in [-0.4, -0.2) is 37.4 Å². The number of rotatable bonds is 4. The third kappa shape index (κ3) is 4.20. The number of benzene rings is 1. The highest BCUT2D eigenvalue weighted by Crippen LogP contribution is 2.39. The lowest BCUT2D eigenvalue weighted by Gasteiger charge is -2.33. The normalized spacial score (nSPS) is 33.7. The predicted molar refractivity (Wildman–Crippen MR) is 116 cm³/mol. The van der Waals surface area contributed by atoms with Crippen molar-refractivity contribution in [2.24, 2.45) is 5.92 Å². The molecular weight excluding hydrogens is 404 g/mol. The van der Waals surface area contributed by atoms with Gasteiger partial charge in [-0.05, 0) is 53.2 Å². The molecule has 1 aromatic carbocycles. The van der Waals surface area contributed by atoms with Gasteiger partial charge in [0.2, 0.25) is 0 Å². The maximum Gasteiger partial charge on any atom is 0.161 e. The van der Waals surface area contributed by atoms with Crippen LogP contribution in [0, 0.1) is 5.92 Å². The monoisotopic (exact) mass is 430 g/mol. The molecule has 0 saturated carbocycles. The van der Waals surface area contributed by atoms with Crippen molar-refractivity contribution in [3.05, 3.63) is 83.5 Å². The van der Waals surface area contributed by atoms with Gasteiger partial charge in [-0.25, -0.2) is 17.6 Å². The zero-order valence-electron chi connectivity index (χ0n) is 17.4. The average molecular weight is 430 g/mol. The first kappa shape index (κ1) is 21.8. The zero-order valence-corrected chi connectivity index (χ0v) is 17.4. The first-order valence-electron chi connectivity index (χ1n) is 10.6. The highest BCUT2D eigenvalue weighted by molar-refractivity contribution is 5.77. The van der Waals surface area contributed by atoms with E-state index >= 15 is 4.39 Å². The van der Waals surface area contributed by atoms with Crippen molar-refractivity contribution in [1.82, 2.24) is 0 Å². The Morgan fingerprint density at radius 2 is 1.39 bits per heavy atom. The van der Waals surface area contributed by atoms with Crippen molar-refractivity contribution in [2.45, 2.75) is 50.6 Å². The molecule has 0 aromatic heterocycles. The summed E-state index contributed by atoms with van der Waals surface area (Å²) in [5, 5.41) is 0. The Morgan fingerprint density at radius 3 is 1.94 bits per heavy atom. The number of hydrogen-bond acceptors (Lipinski definition) is 1. The fraction of sp³-hybridized carbons (Fsp3) is 0.385. The van der Waals surface area contributed by atoms with E-state index in [4.69, 9.17) is 4.74 Å². The van der Waals surface area contributed by atoms with Gasteiger partial charge in [-0.15, -0.1) is 6.58 Å². The van der Waals surface area contributed by atoms with Crippen LogP contribution in [0.1, 0.15) is 30.9 Å². The van der Waals surface area contributed by atoms with Gasteiger partial charge in [0.15, 0.2) is 24.7 Å². The van der Waals surface area contributed by atoms with E-state index in [9.17, 15) is 13.2 Å². The Hall–Kier alpha value is -2.40. The van der Waals surface area contributed by atoms with E-state index in [1.807, 2.05) is 0 Å². The summed E-state index contributed by atoms with van der Waals surface area (Å²) >= 11 is 0. The van der Waals surface area contributed by atoms with E-state index < -0.39 is 24.7 Å². The van der Waals surface area contributed by atoms with E-state index in [-0.39, 0.29) is 23.2 Å². The molecule has 31 heavy (non-hydrogen) atoms. The molecule has 1 fully saturated rings. The first-order valence-corrected chi connectivity index (χ1v) is 10.6. The van der Waals surface area contributed by atoms with E-state index in [0.717, 1.165) is 12.8 Å². The molecule has 0 amide bonds. The Kier molecular flexibility index (Phi) is 6.33. The molecule has 6 unspecified atom stereocenters. The quantitative estimate of drug-likeness (QED) is 0.382. The van der Waals surface area contributed by atoms with Crippen molar-refractivity contribution in [1.29, 1.82) is 0 Å². The SMILES string of the molecule is C=CC1CCC(C2=CC=C(c3ccc(C4=CC=C(C)C(F)C4F)cc3)C(F)C2F)CO1. The van der Waals surface area contributed by atoms with Crippen LogP contribution < -0.4 is 0 Å². The molecule has 1 aliphatic heterocycles. The summed E-state index contributed by atoms with van der Waals surface area (Å²) in [7, 11) is 0. The van der Waals surface area contributed by atoms with Gasteiger partial charge in [0.25, 0.3) is 0 Å². The van der Waals surface area contributed by atoms with Crippen LogP contribution in [0.4, 0.5) is 17.6 Å². The number of allylic oxidation sites excluding steroid dienone is 7. The molecule has 1 saturated heterocycles. The van der Waals surface area contributed by atoms with Gasteiger partial charge in [-0.3, -0.25) is 0 Å². The largest absolute Gasteiger partial charge is 0.374 e. The molecule has 0 spiro atoms. The summed E-state index contributed by atoms with van der Waals surface area (Å²) in [6, 6.07) is 6.51. The number of ether oxygens (including phenoxy) is 1. The second-order valence-electron chi connectivity index (χ2n) is 8.39. The van der Waals surface area contributed by atoms with Crippen molar-refractivity contribution in [2.75, 3.05) is 6.61 Å². The molecule has 2 aliphatic carbocycles. The summed E-state index contributed by atoms with van der Waals surface area (Å²) in [5.74, 6) is -0.144. The van der Waals surface area contributed by atoms with Crippen LogP contribution in [-0.2, 0) is 4.74 Å². The lowest BCUT2D eigenvalue weighted by Crippen LogP contribution is -2.33. The van der Waals surface area contributed by atoms with Crippen molar-refractivity contribution < 1.29 is 22.3 Å². The van der Waals surface area contributed by atoms with Crippen molar-refractivity contribution in [3.63, 3.8) is 0 Å². The van der Waals surface area contributed by atoms with Crippen LogP contribution in [0.5, 0.6) is 0 Å². The minimum absolute atomic E-state index is 0.0282. The lowest BCUT2D eigenvalue weighted by molar-refractivity contribution is 0.0164. The average Bonchev–Trinajstić information content (AvgIpc) is 2.80. The number of alkyl halides is 4. The molecule has 3 aliphatic rings. The lowest BCUT2D eigenvalue weighted by atomic mass is 9.81. The van der Waals surface area contributed by atoms with Crippen molar-refractivity contribution in [3.8, 4) is 0 Å². The summed E-state index contributed by atoms with van der Waals surface area (Å²) in [5.41, 5.74) is 2.33. The van der Waals surface area contributed by atoms with Gasteiger partial charge >= 0.3 is 0 Å². The Balaban J connectivity index is 1.54. The molecule has 1 aromatic rings. The van der Waals surface area contributed by atoms with E-state index in [2.05, 4.69) is 6.58 Å². The summed E-state index contributed by atoms with van der Waals surface area (Å²) in [4.78, 5) is 0. The predicted octanol–water partition coefficient (Wildman–Crippen LogP) is 6.69. The first-order chi connectivity index (χ1) is 14.9. The standard InChI is InChI=1S/C26H26F4O/c1-3-19-10-9-18(14-31-19)22-13-12-21(25(29)26(22)30)17-7-5-16(6-8-17)20-11-4-15(2)23(27)24(20)28/h3-8,11-13,18-19,23-26H,1,9-10,14H2,2H3. The molecule has 1 nitrogen and oxygen atoms in total. The molecule has 4 rings (SSSR count). The van der Waals surface area contributed by atoms with Gasteiger partial charge in [-0.1, -0.05) is 54.6 Å². The number of hydrogen-bond donors (Lipinski definition) is 0. The third-order valence-electron chi connectivity index (χ3n) is 6.44. The topological polar surface area (TPSA) is 9.23 Å². The minimum atomic E-state index is -1.79. The van der Waals surface area contributed by atoms with Gasteiger partial charge < -0.3 is 4.74 Å². The molecular formula is C26H26F4O. The van der Waals surface area contributed by atoms with Crippen LogP contribution in [0.2, 0.25) is 0 Å². The molecule has 0 radical (unpaired) electrons. The van der Waals surface area contributed by atoms with Crippen LogP contribution in [0.3, 0.4) is 0 Å². The molecule has 164 valence electrons. The van der Waals surface area contributed by atoms with E-state index in [1.54, 1.807) is 61.6 Å². The maximum absolute atomic E-state index is 15.0. The Bertz CT molecular complexity index is 948. The second kappa shape index (κ2) is 8.99. The molecule has 5 heteroatoms. The van der Waals surface area contributed by atoms with Gasteiger partial charge in [-0.2, -0.15) is 0 Å². The number of halogens is 4. The zero-order chi connectivity index (χ0) is 22.1. The van der Waals surface area contributed by atoms with Crippen LogP contribution in [0.25, 0.3) is 11.1 Å². The maximum atomic E-state index is 15.0. The third-order valence-corrected chi connectivity index (χ3v) is 6.44. The van der Waals surface area contributed by atoms with E-state index in [0.29, 0.717) is 28.9 Å². The summed E-state index contributed by atoms with van der Waals surface area (Å²) < 4.78 is 64.0. The van der Waals surface area contributed by atoms with Gasteiger partial charge in [0.1, 0.15) is 0 Å². The summed E-state index contributed by atoms with van der Waals surface area (Å²) in [6.45, 7) is 5.62. The molecule has 6 atom stereocenters. The highest BCUT2D eigenvalue weighted by Gasteiger charge is 2.36. The molecule has 0 bridgehead atoms. The van der Waals surface area contributed by atoms with Crippen LogP contribution >= 0.6 is 0 Å². The van der Waals surface area contributed by atoms with Gasteiger partial charge in [0.05, 0.1) is 12.7 Å². The fourth-order valence-electron chi connectivity index (χ4n) is 4.44.